The van der Waals surface area contributed by atoms with E-state index in [1.165, 1.54) is 0 Å². The number of Topliss-reactive ketones (excluding diaryl/α,β-unsaturated/α-hetero) is 2. The van der Waals surface area contributed by atoms with Gasteiger partial charge in [-0.1, -0.05) is 30.7 Å². The Morgan fingerprint density at radius 1 is 1.02 bits per heavy atom. The molecule has 43 heavy (non-hydrogen) atoms. The molecule has 2 aromatic carbocycles. The monoisotopic (exact) mass is 584 g/mol. The van der Waals surface area contributed by atoms with Crippen LogP contribution in [-0.4, -0.2) is 39.9 Å². The minimum Gasteiger partial charge on any atom is -0.508 e. The second kappa shape index (κ2) is 14.6. The van der Waals surface area contributed by atoms with Crippen LogP contribution in [-0.2, 0) is 29.0 Å². The zero-order chi connectivity index (χ0) is 30.2. The Balaban J connectivity index is 1.18. The van der Waals surface area contributed by atoms with Gasteiger partial charge in [-0.3, -0.25) is 9.59 Å². The molecule has 2 aliphatic carbocycles. The largest absolute Gasteiger partial charge is 0.508 e. The minimum atomic E-state index is -0.324. The number of allylic oxidation sites excluding steroid dienone is 1. The van der Waals surface area contributed by atoms with Crippen molar-refractivity contribution in [2.24, 2.45) is 5.92 Å². The third kappa shape index (κ3) is 7.96. The van der Waals surface area contributed by atoms with Crippen molar-refractivity contribution < 1.29 is 24.5 Å². The topological polar surface area (TPSA) is 112 Å². The summed E-state index contributed by atoms with van der Waals surface area (Å²) in [4.78, 5) is 29.9. The highest BCUT2D eigenvalue weighted by Crippen LogP contribution is 2.39. The summed E-state index contributed by atoms with van der Waals surface area (Å²) >= 11 is 0. The fourth-order valence-corrected chi connectivity index (χ4v) is 6.62. The van der Waals surface area contributed by atoms with Gasteiger partial charge in [-0.05, 0) is 111 Å². The molecule has 1 aromatic heterocycles. The van der Waals surface area contributed by atoms with Crippen LogP contribution in [0.5, 0.6) is 17.2 Å². The number of phenols is 2. The molecular weight excluding hydrogens is 540 g/mol. The van der Waals surface area contributed by atoms with Gasteiger partial charge in [0.1, 0.15) is 17.3 Å². The molecule has 1 heterocycles. The average Bonchev–Trinajstić information content (AvgIpc) is 3.69. The van der Waals surface area contributed by atoms with Crippen LogP contribution in [0.1, 0.15) is 91.7 Å². The van der Waals surface area contributed by atoms with Crippen molar-refractivity contribution in [3.63, 3.8) is 0 Å². The molecule has 0 amide bonds. The van der Waals surface area contributed by atoms with Gasteiger partial charge in [0.05, 0.1) is 12.5 Å². The van der Waals surface area contributed by atoms with Crippen LogP contribution in [0.3, 0.4) is 0 Å². The summed E-state index contributed by atoms with van der Waals surface area (Å²) in [5.74, 6) is 0.541. The lowest BCUT2D eigenvalue weighted by molar-refractivity contribution is -0.128. The molecule has 228 valence electrons. The van der Waals surface area contributed by atoms with Gasteiger partial charge in [-0.15, -0.1) is 0 Å². The van der Waals surface area contributed by atoms with Gasteiger partial charge < -0.3 is 25.3 Å². The van der Waals surface area contributed by atoms with Gasteiger partial charge in [0, 0.05) is 36.3 Å². The van der Waals surface area contributed by atoms with Gasteiger partial charge in [-0.2, -0.15) is 0 Å². The average molecular weight is 585 g/mol. The van der Waals surface area contributed by atoms with Crippen LogP contribution in [0.2, 0.25) is 0 Å². The summed E-state index contributed by atoms with van der Waals surface area (Å²) in [6.45, 7) is 0.498. The fourth-order valence-electron chi connectivity index (χ4n) is 6.62. The number of aromatic hydroxyl groups is 2. The van der Waals surface area contributed by atoms with Crippen LogP contribution in [0.25, 0.3) is 6.08 Å². The van der Waals surface area contributed by atoms with Crippen molar-refractivity contribution in [1.29, 1.82) is 0 Å². The number of hydrogen-bond donors (Lipinski definition) is 4. The molecule has 5 rings (SSSR count). The summed E-state index contributed by atoms with van der Waals surface area (Å²) in [6, 6.07) is 13.2. The first-order valence-electron chi connectivity index (χ1n) is 15.7. The molecule has 2 aliphatic rings. The number of unbranched alkanes of at least 4 members (excludes halogenated alkanes) is 1. The quantitative estimate of drug-likeness (QED) is 0.116. The van der Waals surface area contributed by atoms with E-state index in [0.29, 0.717) is 18.7 Å². The number of aryl methyl sites for hydroxylation is 2. The minimum absolute atomic E-state index is 0.0297. The lowest BCUT2D eigenvalue weighted by atomic mass is 9.75. The summed E-state index contributed by atoms with van der Waals surface area (Å²) in [5, 5.41) is 23.6. The van der Waals surface area contributed by atoms with Crippen LogP contribution in [0, 0.1) is 5.92 Å². The predicted molar refractivity (Wildman–Crippen MR) is 168 cm³/mol. The normalized spacial score (nSPS) is 18.1. The molecule has 0 radical (unpaired) electrons. The maximum absolute atomic E-state index is 13.5. The number of phenolic OH excluding ortho intramolecular Hbond substituents is 2. The van der Waals surface area contributed by atoms with Crippen molar-refractivity contribution >= 4 is 17.6 Å². The molecule has 7 heteroatoms. The fraction of sp³-hybridized carbons (Fsp3) is 0.444. The Bertz CT molecular complexity index is 1440. The van der Waals surface area contributed by atoms with E-state index in [-0.39, 0.29) is 53.8 Å². The second-order valence-corrected chi connectivity index (χ2v) is 12.1. The lowest BCUT2D eigenvalue weighted by Gasteiger charge is -2.27. The van der Waals surface area contributed by atoms with Crippen LogP contribution >= 0.6 is 0 Å². The number of H-pyrrole nitrogens is 1. The highest BCUT2D eigenvalue weighted by molar-refractivity contribution is 6.01. The molecule has 0 aliphatic heterocycles. The molecule has 2 atom stereocenters. The molecule has 3 aromatic rings. The van der Waals surface area contributed by atoms with Gasteiger partial charge in [0.25, 0.3) is 0 Å². The van der Waals surface area contributed by atoms with Crippen LogP contribution < -0.4 is 10.1 Å². The van der Waals surface area contributed by atoms with Gasteiger partial charge in [0.15, 0.2) is 11.5 Å². The number of fused-ring (bicyclic) bond motifs is 1. The van der Waals surface area contributed by atoms with Crippen molar-refractivity contribution in [3.05, 3.63) is 82.7 Å². The first-order valence-corrected chi connectivity index (χ1v) is 15.7. The Kier molecular flexibility index (Phi) is 10.4. The Morgan fingerprint density at radius 2 is 1.86 bits per heavy atom. The predicted octanol–water partition coefficient (Wildman–Crippen LogP) is 6.77. The van der Waals surface area contributed by atoms with Gasteiger partial charge in [-0.25, -0.2) is 0 Å². The highest BCUT2D eigenvalue weighted by atomic mass is 16.5. The van der Waals surface area contributed by atoms with E-state index >= 15 is 0 Å². The molecule has 2 unspecified atom stereocenters. The number of ketones is 2. The van der Waals surface area contributed by atoms with E-state index < -0.39 is 0 Å². The number of carbonyl (C=O) groups is 2. The summed E-state index contributed by atoms with van der Waals surface area (Å²) in [7, 11) is 1.83. The Morgan fingerprint density at radius 3 is 2.65 bits per heavy atom. The van der Waals surface area contributed by atoms with E-state index in [4.69, 9.17) is 4.74 Å². The maximum atomic E-state index is 13.5. The molecule has 1 saturated carbocycles. The van der Waals surface area contributed by atoms with Gasteiger partial charge in [0.2, 0.25) is 0 Å². The van der Waals surface area contributed by atoms with E-state index in [0.717, 1.165) is 79.3 Å². The molecule has 0 bridgehead atoms. The standard InChI is InChI=1S/C36H44N2O5/c1-37-23-26-19-25(21-35(36(26)42)43-29-10-3-4-11-29)13-14-28(40)22-34(41)32-15-16-33-31(17-18-38-33)30(32)12-5-2-7-24-8-6-9-27(39)20-24/h6,8-9,15-21,29-30,32,37-39,42H,2-5,7,10-14,22-23H2,1H3. The number of aromatic amines is 1. The molecule has 1 fully saturated rings. The summed E-state index contributed by atoms with van der Waals surface area (Å²) in [6.07, 6.45) is 14.5. The number of hydrogen-bond acceptors (Lipinski definition) is 6. The zero-order valence-electron chi connectivity index (χ0n) is 25.1. The number of rotatable bonds is 15. The van der Waals surface area contributed by atoms with E-state index in [9.17, 15) is 19.8 Å². The number of ether oxygens (including phenoxy) is 1. The lowest BCUT2D eigenvalue weighted by Crippen LogP contribution is -2.25. The molecule has 7 nitrogen and oxygen atoms in total. The Hall–Kier alpha value is -3.84. The maximum Gasteiger partial charge on any atom is 0.162 e. The highest BCUT2D eigenvalue weighted by Gasteiger charge is 2.32. The third-order valence-electron chi connectivity index (χ3n) is 8.87. The van der Waals surface area contributed by atoms with E-state index in [1.54, 1.807) is 12.1 Å². The van der Waals surface area contributed by atoms with Crippen molar-refractivity contribution in [1.82, 2.24) is 10.3 Å². The number of nitrogens with one attached hydrogen (secondary N) is 2. The van der Waals surface area contributed by atoms with Crippen molar-refractivity contribution in [3.8, 4) is 17.2 Å². The van der Waals surface area contributed by atoms with Crippen molar-refractivity contribution in [2.45, 2.75) is 89.2 Å². The van der Waals surface area contributed by atoms with Crippen molar-refractivity contribution in [2.75, 3.05) is 7.05 Å². The molecule has 0 spiro atoms. The molecule has 4 N–H and O–H groups in total. The molecular formula is C36H44N2O5. The van der Waals surface area contributed by atoms with Crippen LogP contribution in [0.4, 0.5) is 0 Å². The summed E-state index contributed by atoms with van der Waals surface area (Å²) in [5.41, 5.74) is 4.96. The van der Waals surface area contributed by atoms with E-state index in [1.807, 2.05) is 49.7 Å². The Labute approximate surface area is 254 Å². The summed E-state index contributed by atoms with van der Waals surface area (Å²) < 4.78 is 6.15. The number of carbonyl (C=O) groups excluding carboxylic acids is 2. The first-order chi connectivity index (χ1) is 20.9. The third-order valence-corrected chi connectivity index (χ3v) is 8.87. The molecule has 0 saturated heterocycles. The smallest absolute Gasteiger partial charge is 0.162 e. The second-order valence-electron chi connectivity index (χ2n) is 12.1. The van der Waals surface area contributed by atoms with E-state index in [2.05, 4.69) is 16.4 Å². The SMILES string of the molecule is CNCc1cc(CCC(=O)CC(=O)C2C=Cc3[nH]ccc3C2CCCCc2cccc(O)c2)cc(OC2CCCC2)c1O. The zero-order valence-corrected chi connectivity index (χ0v) is 25.1. The number of benzene rings is 2. The van der Waals surface area contributed by atoms with Crippen LogP contribution in [0.15, 0.2) is 54.7 Å². The first kappa shape index (κ1) is 30.6. The number of aromatic nitrogens is 1. The van der Waals surface area contributed by atoms with Gasteiger partial charge >= 0.3 is 0 Å².